The Hall–Kier alpha value is -3.64. The standard InChI is InChI=1S/C21H16N6O2S/c22-12-21(5-6-21)25-17(28)10-18-26-27-19(29-18)11-20-24-15-2-1-14(9-16(15)30-20)13-3-7-23-8-4-13/h1-4,7-9H,5-6,10-11H2,(H,25,28). The molecule has 8 nitrogen and oxygen atoms in total. The molecule has 0 bridgehead atoms. The molecular formula is C21H16N6O2S. The van der Waals surface area contributed by atoms with Gasteiger partial charge in [0, 0.05) is 12.4 Å². The summed E-state index contributed by atoms with van der Waals surface area (Å²) in [4.78, 5) is 20.8. The zero-order chi connectivity index (χ0) is 20.6. The molecule has 0 atom stereocenters. The summed E-state index contributed by atoms with van der Waals surface area (Å²) < 4.78 is 6.68. The van der Waals surface area contributed by atoms with Crippen molar-refractivity contribution in [1.29, 1.82) is 5.26 Å². The third-order valence-corrected chi connectivity index (χ3v) is 5.93. The summed E-state index contributed by atoms with van der Waals surface area (Å²) in [5.74, 6) is 0.359. The molecule has 0 unspecified atom stereocenters. The van der Waals surface area contributed by atoms with Crippen molar-refractivity contribution >= 4 is 27.5 Å². The number of rotatable bonds is 6. The lowest BCUT2D eigenvalue weighted by molar-refractivity contribution is -0.121. The van der Waals surface area contributed by atoms with Gasteiger partial charge in [0.2, 0.25) is 17.7 Å². The van der Waals surface area contributed by atoms with Crippen LogP contribution in [0.5, 0.6) is 0 Å². The third-order valence-electron chi connectivity index (χ3n) is 4.91. The van der Waals surface area contributed by atoms with Crippen LogP contribution in [-0.2, 0) is 17.6 Å². The Morgan fingerprint density at radius 1 is 1.17 bits per heavy atom. The average molecular weight is 416 g/mol. The number of hydrogen-bond acceptors (Lipinski definition) is 8. The molecule has 1 amide bonds. The van der Waals surface area contributed by atoms with Gasteiger partial charge in [-0.1, -0.05) is 6.07 Å². The Kier molecular flexibility index (Phi) is 4.48. The maximum absolute atomic E-state index is 12.1. The van der Waals surface area contributed by atoms with Gasteiger partial charge in [0.05, 0.1) is 22.7 Å². The van der Waals surface area contributed by atoms with Crippen LogP contribution in [0.25, 0.3) is 21.3 Å². The number of pyridine rings is 1. The molecule has 1 aromatic carbocycles. The van der Waals surface area contributed by atoms with Crippen LogP contribution in [0.4, 0.5) is 0 Å². The van der Waals surface area contributed by atoms with Crippen LogP contribution in [0.1, 0.15) is 29.6 Å². The molecule has 3 aromatic heterocycles. The van der Waals surface area contributed by atoms with E-state index < -0.39 is 5.54 Å². The average Bonchev–Trinajstić information content (AvgIpc) is 3.20. The van der Waals surface area contributed by atoms with Gasteiger partial charge in [0.15, 0.2) is 0 Å². The molecule has 5 rings (SSSR count). The van der Waals surface area contributed by atoms with Crippen molar-refractivity contribution in [1.82, 2.24) is 25.5 Å². The first kappa shape index (κ1) is 18.4. The second-order valence-electron chi connectivity index (χ2n) is 7.21. The van der Waals surface area contributed by atoms with Crippen molar-refractivity contribution in [2.45, 2.75) is 31.2 Å². The fourth-order valence-corrected chi connectivity index (χ4v) is 4.17. The number of fused-ring (bicyclic) bond motifs is 1. The molecule has 148 valence electrons. The molecule has 0 saturated heterocycles. The van der Waals surface area contributed by atoms with Gasteiger partial charge in [0.1, 0.15) is 17.0 Å². The highest BCUT2D eigenvalue weighted by molar-refractivity contribution is 7.18. The number of amides is 1. The molecule has 0 radical (unpaired) electrons. The lowest BCUT2D eigenvalue weighted by Gasteiger charge is -2.06. The van der Waals surface area contributed by atoms with E-state index in [2.05, 4.69) is 37.6 Å². The van der Waals surface area contributed by atoms with Gasteiger partial charge in [-0.15, -0.1) is 21.5 Å². The van der Waals surface area contributed by atoms with Crippen LogP contribution in [0, 0.1) is 11.3 Å². The normalized spacial score (nSPS) is 14.4. The van der Waals surface area contributed by atoms with Gasteiger partial charge < -0.3 is 9.73 Å². The molecule has 0 aliphatic heterocycles. The van der Waals surface area contributed by atoms with Gasteiger partial charge >= 0.3 is 0 Å². The largest absolute Gasteiger partial charge is 0.424 e. The fourth-order valence-electron chi connectivity index (χ4n) is 3.17. The number of hydrogen-bond donors (Lipinski definition) is 1. The van der Waals surface area contributed by atoms with Crippen LogP contribution in [0.15, 0.2) is 47.1 Å². The van der Waals surface area contributed by atoms with Gasteiger partial charge in [-0.3, -0.25) is 9.78 Å². The van der Waals surface area contributed by atoms with Crippen LogP contribution in [0.3, 0.4) is 0 Å². The monoisotopic (exact) mass is 416 g/mol. The lowest BCUT2D eigenvalue weighted by Crippen LogP contribution is -2.36. The van der Waals surface area contributed by atoms with E-state index in [1.165, 1.54) is 0 Å². The minimum Gasteiger partial charge on any atom is -0.424 e. The lowest BCUT2D eigenvalue weighted by atomic mass is 10.1. The van der Waals surface area contributed by atoms with E-state index >= 15 is 0 Å². The van der Waals surface area contributed by atoms with Gasteiger partial charge in [-0.25, -0.2) is 4.98 Å². The molecule has 1 saturated carbocycles. The topological polar surface area (TPSA) is 118 Å². The molecule has 3 heterocycles. The molecule has 9 heteroatoms. The first-order valence-electron chi connectivity index (χ1n) is 9.46. The van der Waals surface area contributed by atoms with Crippen molar-refractivity contribution in [3.63, 3.8) is 0 Å². The van der Waals surface area contributed by atoms with E-state index in [-0.39, 0.29) is 18.2 Å². The van der Waals surface area contributed by atoms with E-state index in [0.717, 1.165) is 26.4 Å². The number of benzene rings is 1. The molecule has 1 N–H and O–H groups in total. The smallest absolute Gasteiger partial charge is 0.230 e. The second kappa shape index (κ2) is 7.31. The van der Waals surface area contributed by atoms with Crippen molar-refractivity contribution in [3.8, 4) is 17.2 Å². The Balaban J connectivity index is 1.28. The van der Waals surface area contributed by atoms with E-state index in [1.807, 2.05) is 24.3 Å². The minimum absolute atomic E-state index is 0.0361. The number of thiazole rings is 1. The summed E-state index contributed by atoms with van der Waals surface area (Å²) in [6.45, 7) is 0. The second-order valence-corrected chi connectivity index (χ2v) is 8.33. The Bertz CT molecular complexity index is 1270. The molecular weight excluding hydrogens is 400 g/mol. The molecule has 0 spiro atoms. The van der Waals surface area contributed by atoms with Crippen LogP contribution < -0.4 is 5.32 Å². The maximum Gasteiger partial charge on any atom is 0.230 e. The zero-order valence-corrected chi connectivity index (χ0v) is 16.6. The van der Waals surface area contributed by atoms with Crippen molar-refractivity contribution < 1.29 is 9.21 Å². The van der Waals surface area contributed by atoms with Gasteiger partial charge in [0.25, 0.3) is 0 Å². The van der Waals surface area contributed by atoms with Crippen molar-refractivity contribution in [2.24, 2.45) is 0 Å². The van der Waals surface area contributed by atoms with Gasteiger partial charge in [-0.2, -0.15) is 5.26 Å². The number of aromatic nitrogens is 4. The SMILES string of the molecule is N#CC1(NC(=O)Cc2nnc(Cc3nc4ccc(-c5ccncc5)cc4s3)o2)CC1. The van der Waals surface area contributed by atoms with Crippen LogP contribution >= 0.6 is 11.3 Å². The Morgan fingerprint density at radius 3 is 2.73 bits per heavy atom. The molecule has 1 fully saturated rings. The predicted octanol–water partition coefficient (Wildman–Crippen LogP) is 3.05. The molecule has 1 aliphatic rings. The van der Waals surface area contributed by atoms with Crippen LogP contribution in [0.2, 0.25) is 0 Å². The Morgan fingerprint density at radius 2 is 1.97 bits per heavy atom. The quantitative estimate of drug-likeness (QED) is 0.513. The highest BCUT2D eigenvalue weighted by Gasteiger charge is 2.44. The Labute approximate surface area is 175 Å². The molecule has 30 heavy (non-hydrogen) atoms. The molecule has 1 aliphatic carbocycles. The highest BCUT2D eigenvalue weighted by Crippen LogP contribution is 2.34. The van der Waals surface area contributed by atoms with Crippen molar-refractivity contribution in [2.75, 3.05) is 0 Å². The first-order valence-corrected chi connectivity index (χ1v) is 10.3. The fraction of sp³-hybridized carbons (Fsp3) is 0.238. The van der Waals surface area contributed by atoms with Crippen molar-refractivity contribution in [3.05, 3.63) is 59.5 Å². The summed E-state index contributed by atoms with van der Waals surface area (Å²) in [6.07, 6.45) is 5.29. The zero-order valence-electron chi connectivity index (χ0n) is 15.8. The summed E-state index contributed by atoms with van der Waals surface area (Å²) >= 11 is 1.57. The van der Waals surface area contributed by atoms with E-state index in [1.54, 1.807) is 23.7 Å². The number of carbonyl (C=O) groups is 1. The summed E-state index contributed by atoms with van der Waals surface area (Å²) in [5.41, 5.74) is 2.43. The number of nitriles is 1. The van der Waals surface area contributed by atoms with E-state index in [9.17, 15) is 4.79 Å². The highest BCUT2D eigenvalue weighted by atomic mass is 32.1. The summed E-state index contributed by atoms with van der Waals surface area (Å²) in [6, 6.07) is 12.2. The maximum atomic E-state index is 12.1. The van der Waals surface area contributed by atoms with Gasteiger partial charge in [-0.05, 0) is 48.2 Å². The number of nitrogens with zero attached hydrogens (tertiary/aromatic N) is 5. The summed E-state index contributed by atoms with van der Waals surface area (Å²) in [5, 5.41) is 20.6. The number of nitrogens with one attached hydrogen (secondary N) is 1. The first-order chi connectivity index (χ1) is 14.6. The molecule has 4 aromatic rings. The summed E-state index contributed by atoms with van der Waals surface area (Å²) in [7, 11) is 0. The van der Waals surface area contributed by atoms with Crippen LogP contribution in [-0.4, -0.2) is 31.6 Å². The van der Waals surface area contributed by atoms with E-state index in [0.29, 0.717) is 25.2 Å². The number of carbonyl (C=O) groups excluding carboxylic acids is 1. The van der Waals surface area contributed by atoms with E-state index in [4.69, 9.17) is 9.68 Å². The third kappa shape index (κ3) is 3.77. The minimum atomic E-state index is -0.698. The predicted molar refractivity (Wildman–Crippen MR) is 109 cm³/mol.